The van der Waals surface area contributed by atoms with Crippen LogP contribution in [0.4, 0.5) is 5.69 Å². The number of piperazine rings is 1. The van der Waals surface area contributed by atoms with E-state index in [9.17, 15) is 18.4 Å². The van der Waals surface area contributed by atoms with Gasteiger partial charge in [0.15, 0.2) is 0 Å². The smallest absolute Gasteiger partial charge is 0.233 e. The van der Waals surface area contributed by atoms with Gasteiger partial charge in [-0.15, -0.1) is 0 Å². The molecule has 1 amide bonds. The summed E-state index contributed by atoms with van der Waals surface area (Å²) in [5, 5.41) is 10.3. The number of benzene rings is 2. The lowest BCUT2D eigenvalue weighted by molar-refractivity contribution is -0.158. The van der Waals surface area contributed by atoms with E-state index in [1.807, 2.05) is 24.3 Å². The monoisotopic (exact) mass is 419 g/mol. The van der Waals surface area contributed by atoms with E-state index in [0.717, 1.165) is 11.4 Å². The number of nitrogens with zero attached hydrogens (tertiary/aromatic N) is 3. The zero-order chi connectivity index (χ0) is 20.9. The number of amides is 1. The Morgan fingerprint density at radius 3 is 2.24 bits per heavy atom. The van der Waals surface area contributed by atoms with Crippen LogP contribution in [0.5, 0.6) is 5.75 Å². The summed E-state index contributed by atoms with van der Waals surface area (Å²) in [5.41, 5.74) is 1.56. The lowest BCUT2D eigenvalue weighted by Crippen LogP contribution is -2.50. The van der Waals surface area contributed by atoms with Crippen LogP contribution in [0.3, 0.4) is 0 Å². The van der Waals surface area contributed by atoms with Crippen LogP contribution >= 0.6 is 0 Å². The maximum Gasteiger partial charge on any atom is 0.233 e. The first kappa shape index (κ1) is 21.1. The fourth-order valence-electron chi connectivity index (χ4n) is 3.40. The zero-order valence-electron chi connectivity index (χ0n) is 16.2. The third-order valence-corrected chi connectivity index (χ3v) is 6.94. The molecule has 1 N–H and O–H groups in total. The summed E-state index contributed by atoms with van der Waals surface area (Å²) in [6, 6.07) is 15.3. The van der Waals surface area contributed by atoms with Crippen molar-refractivity contribution in [1.29, 1.82) is 0 Å². The molecule has 1 saturated heterocycles. The molecule has 2 aromatic carbocycles. The van der Waals surface area contributed by atoms with Gasteiger partial charge in [-0.1, -0.05) is 30.3 Å². The molecule has 1 heterocycles. The van der Waals surface area contributed by atoms with Gasteiger partial charge in [-0.2, -0.15) is 4.31 Å². The largest absolute Gasteiger partial charge is 0.497 e. The number of carbonyl (C=O) groups is 1. The third kappa shape index (κ3) is 5.06. The average molecular weight is 420 g/mol. The molecule has 2 aromatic rings. The molecule has 0 spiro atoms. The topological polar surface area (TPSA) is 90.4 Å². The molecule has 1 fully saturated rings. The van der Waals surface area contributed by atoms with Gasteiger partial charge in [-0.25, -0.2) is 13.5 Å². The van der Waals surface area contributed by atoms with E-state index in [2.05, 4.69) is 4.90 Å². The Bertz CT molecular complexity index is 897. The van der Waals surface area contributed by atoms with Gasteiger partial charge in [-0.05, 0) is 29.8 Å². The van der Waals surface area contributed by atoms with E-state index in [1.165, 1.54) is 4.31 Å². The Kier molecular flexibility index (Phi) is 6.73. The predicted molar refractivity (Wildman–Crippen MR) is 109 cm³/mol. The summed E-state index contributed by atoms with van der Waals surface area (Å²) in [6.07, 6.45) is 0.231. The van der Waals surface area contributed by atoms with E-state index < -0.39 is 16.1 Å². The summed E-state index contributed by atoms with van der Waals surface area (Å²) in [5.74, 6) is 0.389. The second-order valence-corrected chi connectivity index (χ2v) is 8.79. The molecule has 0 radical (unpaired) electrons. The van der Waals surface area contributed by atoms with Crippen molar-refractivity contribution in [2.75, 3.05) is 43.9 Å². The Labute approximate surface area is 170 Å². The Morgan fingerprint density at radius 1 is 1.07 bits per heavy atom. The van der Waals surface area contributed by atoms with Crippen molar-refractivity contribution in [2.45, 2.75) is 6.04 Å². The SMILES string of the molecule is COc1ccc(N2CCN(S(=O)(=O)CC(c3ccccc3)N(O)C=O)CC2)cc1. The highest BCUT2D eigenvalue weighted by atomic mass is 32.2. The van der Waals surface area contributed by atoms with Gasteiger partial charge in [0, 0.05) is 31.9 Å². The molecule has 8 nitrogen and oxygen atoms in total. The van der Waals surface area contributed by atoms with Crippen molar-refractivity contribution in [3.63, 3.8) is 0 Å². The van der Waals surface area contributed by atoms with Crippen LogP contribution in [0.1, 0.15) is 11.6 Å². The molecule has 3 rings (SSSR count). The maximum atomic E-state index is 13.0. The number of hydrogen-bond donors (Lipinski definition) is 1. The third-order valence-electron chi connectivity index (χ3n) is 5.05. The number of sulfonamides is 1. The first-order chi connectivity index (χ1) is 13.9. The first-order valence-corrected chi connectivity index (χ1v) is 10.9. The number of carbonyl (C=O) groups excluding carboxylic acids is 1. The maximum absolute atomic E-state index is 13.0. The Morgan fingerprint density at radius 2 is 1.69 bits per heavy atom. The van der Waals surface area contributed by atoms with E-state index in [0.29, 0.717) is 36.8 Å². The van der Waals surface area contributed by atoms with Crippen molar-refractivity contribution < 1.29 is 23.2 Å². The van der Waals surface area contributed by atoms with Gasteiger partial charge in [0.05, 0.1) is 18.9 Å². The molecule has 29 heavy (non-hydrogen) atoms. The number of hydrogen-bond acceptors (Lipinski definition) is 6. The van der Waals surface area contributed by atoms with Crippen molar-refractivity contribution >= 4 is 22.1 Å². The average Bonchev–Trinajstić information content (AvgIpc) is 2.77. The first-order valence-electron chi connectivity index (χ1n) is 9.29. The van der Waals surface area contributed by atoms with E-state index in [-0.39, 0.29) is 12.2 Å². The molecule has 0 aliphatic carbocycles. The summed E-state index contributed by atoms with van der Waals surface area (Å²) >= 11 is 0. The predicted octanol–water partition coefficient (Wildman–Crippen LogP) is 1.74. The number of methoxy groups -OCH3 is 1. The Balaban J connectivity index is 1.67. The quantitative estimate of drug-likeness (QED) is 0.398. The molecule has 0 aromatic heterocycles. The second kappa shape index (κ2) is 9.25. The number of rotatable bonds is 8. The molecule has 1 atom stereocenters. The lowest BCUT2D eigenvalue weighted by atomic mass is 10.1. The molecular weight excluding hydrogens is 394 g/mol. The van der Waals surface area contributed by atoms with Crippen LogP contribution < -0.4 is 9.64 Å². The minimum Gasteiger partial charge on any atom is -0.497 e. The van der Waals surface area contributed by atoms with Crippen molar-refractivity contribution in [1.82, 2.24) is 9.37 Å². The zero-order valence-corrected chi connectivity index (χ0v) is 17.0. The molecule has 0 bridgehead atoms. The van der Waals surface area contributed by atoms with Crippen molar-refractivity contribution in [3.05, 3.63) is 60.2 Å². The van der Waals surface area contributed by atoms with Gasteiger partial charge < -0.3 is 9.64 Å². The van der Waals surface area contributed by atoms with Crippen LogP contribution in [0.25, 0.3) is 0 Å². The number of anilines is 1. The Hall–Kier alpha value is -2.62. The summed E-state index contributed by atoms with van der Waals surface area (Å²) < 4.78 is 32.5. The molecule has 1 unspecified atom stereocenters. The summed E-state index contributed by atoms with van der Waals surface area (Å²) in [7, 11) is -2.07. The van der Waals surface area contributed by atoms with Crippen molar-refractivity contribution in [2.24, 2.45) is 0 Å². The fraction of sp³-hybridized carbons (Fsp3) is 0.350. The van der Waals surface area contributed by atoms with Crippen LogP contribution in [0.15, 0.2) is 54.6 Å². The van der Waals surface area contributed by atoms with Gasteiger partial charge in [-0.3, -0.25) is 10.0 Å². The molecule has 9 heteroatoms. The van der Waals surface area contributed by atoms with Gasteiger partial charge in [0.2, 0.25) is 16.4 Å². The minimum atomic E-state index is -3.68. The molecule has 0 saturated carbocycles. The molecule has 156 valence electrons. The van der Waals surface area contributed by atoms with Gasteiger partial charge in [0.25, 0.3) is 0 Å². The van der Waals surface area contributed by atoms with Gasteiger partial charge >= 0.3 is 0 Å². The summed E-state index contributed by atoms with van der Waals surface area (Å²) in [6.45, 7) is 1.78. The van der Waals surface area contributed by atoms with E-state index in [1.54, 1.807) is 37.4 Å². The number of hydroxylamine groups is 2. The minimum absolute atomic E-state index is 0.231. The van der Waals surface area contributed by atoms with Crippen LogP contribution in [0.2, 0.25) is 0 Å². The molecule has 1 aliphatic rings. The van der Waals surface area contributed by atoms with E-state index in [4.69, 9.17) is 4.74 Å². The van der Waals surface area contributed by atoms with Crippen LogP contribution in [-0.2, 0) is 14.8 Å². The highest BCUT2D eigenvalue weighted by Gasteiger charge is 2.32. The lowest BCUT2D eigenvalue weighted by Gasteiger charge is -2.36. The van der Waals surface area contributed by atoms with Crippen LogP contribution in [-0.4, -0.2) is 68.4 Å². The number of ether oxygens (including phenoxy) is 1. The summed E-state index contributed by atoms with van der Waals surface area (Å²) in [4.78, 5) is 13.2. The highest BCUT2D eigenvalue weighted by Crippen LogP contribution is 2.24. The highest BCUT2D eigenvalue weighted by molar-refractivity contribution is 7.89. The molecule has 1 aliphatic heterocycles. The normalized spacial score (nSPS) is 16.3. The van der Waals surface area contributed by atoms with Gasteiger partial charge in [0.1, 0.15) is 5.75 Å². The van der Waals surface area contributed by atoms with Crippen LogP contribution in [0, 0.1) is 0 Å². The fourth-order valence-corrected chi connectivity index (χ4v) is 5.07. The van der Waals surface area contributed by atoms with Crippen molar-refractivity contribution in [3.8, 4) is 5.75 Å². The molecular formula is C20H25N3O5S. The van der Waals surface area contributed by atoms with E-state index >= 15 is 0 Å². The standard InChI is InChI=1S/C20H25N3O5S/c1-28-19-9-7-18(8-10-19)21-11-13-22(14-12-21)29(26,27)15-20(23(25)16-24)17-5-3-2-4-6-17/h2-10,16,20,25H,11-15H2,1H3. The second-order valence-electron chi connectivity index (χ2n) is 6.77.